The molecule has 1 aliphatic rings. The molecule has 14 heavy (non-hydrogen) atoms. The van der Waals surface area contributed by atoms with Gasteiger partial charge in [-0.15, -0.1) is 28.5 Å². The van der Waals surface area contributed by atoms with Crippen molar-refractivity contribution in [1.29, 1.82) is 5.26 Å². The van der Waals surface area contributed by atoms with Crippen LogP contribution >= 0.6 is 23.2 Å². The Morgan fingerprint density at radius 2 is 2.29 bits per heavy atom. The fourth-order valence-electron chi connectivity index (χ4n) is 1.55. The molecule has 0 saturated heterocycles. The van der Waals surface area contributed by atoms with Crippen LogP contribution in [0.3, 0.4) is 0 Å². The van der Waals surface area contributed by atoms with Gasteiger partial charge >= 0.3 is 5.97 Å². The topological polar surface area (TPSA) is 50.1 Å². The van der Waals surface area contributed by atoms with Gasteiger partial charge in [0.2, 0.25) is 0 Å². The first kappa shape index (κ1) is 11.4. The lowest BCUT2D eigenvalue weighted by atomic mass is 10.1. The maximum Gasteiger partial charge on any atom is 0.329 e. The standard InChI is InChI=1S/C9H9Cl2NO2/c1-9(2)5(3-6(10)11)7(9)8(13)14-4-12/h3,6-7H,1-2H3. The lowest BCUT2D eigenvalue weighted by molar-refractivity contribution is -0.139. The van der Waals surface area contributed by atoms with E-state index in [1.807, 2.05) is 13.8 Å². The second-order valence-electron chi connectivity index (χ2n) is 3.62. The zero-order valence-corrected chi connectivity index (χ0v) is 9.26. The molecule has 0 aromatic heterocycles. The number of rotatable bonds is 2. The van der Waals surface area contributed by atoms with E-state index in [1.54, 1.807) is 6.08 Å². The molecule has 3 nitrogen and oxygen atoms in total. The van der Waals surface area contributed by atoms with Crippen molar-refractivity contribution in [2.24, 2.45) is 11.3 Å². The molecule has 0 aromatic carbocycles. The second kappa shape index (κ2) is 3.80. The van der Waals surface area contributed by atoms with E-state index in [1.165, 1.54) is 6.26 Å². The average Bonchev–Trinajstić information content (AvgIpc) is 2.52. The third-order valence-electron chi connectivity index (χ3n) is 2.38. The summed E-state index contributed by atoms with van der Waals surface area (Å²) in [5.41, 5.74) is 0.531. The summed E-state index contributed by atoms with van der Waals surface area (Å²) in [6.45, 7) is 3.75. The first-order valence-corrected chi connectivity index (χ1v) is 4.88. The lowest BCUT2D eigenvalue weighted by Crippen LogP contribution is -2.06. The first-order chi connectivity index (χ1) is 6.41. The van der Waals surface area contributed by atoms with Gasteiger partial charge < -0.3 is 4.74 Å². The fourth-order valence-corrected chi connectivity index (χ4v) is 1.82. The van der Waals surface area contributed by atoms with Crippen molar-refractivity contribution < 1.29 is 9.53 Å². The Balaban J connectivity index is 2.77. The minimum Gasteiger partial charge on any atom is -0.350 e. The van der Waals surface area contributed by atoms with E-state index in [4.69, 9.17) is 28.5 Å². The van der Waals surface area contributed by atoms with Crippen molar-refractivity contribution in [3.63, 3.8) is 0 Å². The van der Waals surface area contributed by atoms with Gasteiger partial charge in [0.15, 0.2) is 0 Å². The van der Waals surface area contributed by atoms with E-state index < -0.39 is 10.8 Å². The van der Waals surface area contributed by atoms with Crippen LogP contribution in [0.15, 0.2) is 11.6 Å². The van der Waals surface area contributed by atoms with Crippen LogP contribution < -0.4 is 0 Å². The largest absolute Gasteiger partial charge is 0.350 e. The van der Waals surface area contributed by atoms with Gasteiger partial charge in [-0.2, -0.15) is 0 Å². The van der Waals surface area contributed by atoms with Gasteiger partial charge in [-0.1, -0.05) is 19.9 Å². The Morgan fingerprint density at radius 3 is 2.71 bits per heavy atom. The van der Waals surface area contributed by atoms with Crippen LogP contribution in [-0.2, 0) is 9.53 Å². The Morgan fingerprint density at radius 1 is 1.71 bits per heavy atom. The Kier molecular flexibility index (Phi) is 3.08. The van der Waals surface area contributed by atoms with E-state index in [2.05, 4.69) is 4.74 Å². The summed E-state index contributed by atoms with van der Waals surface area (Å²) < 4.78 is 4.25. The number of allylic oxidation sites excluding steroid dienone is 1. The predicted octanol–water partition coefficient (Wildman–Crippen LogP) is 2.40. The number of nitriles is 1. The summed E-state index contributed by atoms with van der Waals surface area (Å²) in [6, 6.07) is 0. The smallest absolute Gasteiger partial charge is 0.329 e. The maximum atomic E-state index is 11.2. The summed E-state index contributed by atoms with van der Waals surface area (Å²) in [7, 11) is 0. The molecule has 0 aromatic rings. The molecule has 1 rings (SSSR count). The van der Waals surface area contributed by atoms with Crippen LogP contribution in [0, 0.1) is 22.9 Å². The van der Waals surface area contributed by atoms with Gasteiger partial charge in [0.05, 0.1) is 5.92 Å². The van der Waals surface area contributed by atoms with Gasteiger partial charge in [0.1, 0.15) is 4.84 Å². The highest BCUT2D eigenvalue weighted by Crippen LogP contribution is 2.58. The van der Waals surface area contributed by atoms with E-state index in [9.17, 15) is 4.79 Å². The molecule has 1 saturated carbocycles. The Bertz CT molecular complexity index is 328. The number of esters is 1. The molecule has 0 spiro atoms. The molecule has 1 unspecified atom stereocenters. The van der Waals surface area contributed by atoms with E-state index >= 15 is 0 Å². The summed E-state index contributed by atoms with van der Waals surface area (Å²) in [5, 5.41) is 8.19. The number of carbonyl (C=O) groups is 1. The number of halogens is 2. The highest BCUT2D eigenvalue weighted by atomic mass is 35.5. The number of alkyl halides is 2. The molecule has 0 radical (unpaired) electrons. The molecule has 1 aliphatic carbocycles. The van der Waals surface area contributed by atoms with Crippen molar-refractivity contribution in [3.8, 4) is 6.26 Å². The molecule has 0 amide bonds. The summed E-state index contributed by atoms with van der Waals surface area (Å²) in [4.78, 5) is 10.6. The van der Waals surface area contributed by atoms with Crippen LogP contribution in [0.25, 0.3) is 0 Å². The molecule has 1 fully saturated rings. The molecular weight excluding hydrogens is 225 g/mol. The summed E-state index contributed by atoms with van der Waals surface area (Å²) in [5.74, 6) is -0.931. The minimum atomic E-state index is -0.635. The average molecular weight is 234 g/mol. The lowest BCUT2D eigenvalue weighted by Gasteiger charge is -1.96. The highest BCUT2D eigenvalue weighted by molar-refractivity contribution is 6.45. The van der Waals surface area contributed by atoms with Crippen molar-refractivity contribution in [3.05, 3.63) is 11.6 Å². The van der Waals surface area contributed by atoms with Crippen LogP contribution in [0.2, 0.25) is 0 Å². The van der Waals surface area contributed by atoms with E-state index in [0.717, 1.165) is 5.57 Å². The third kappa shape index (κ3) is 2.02. The highest BCUT2D eigenvalue weighted by Gasteiger charge is 2.58. The van der Waals surface area contributed by atoms with Gasteiger partial charge in [0.25, 0.3) is 6.26 Å². The van der Waals surface area contributed by atoms with Crippen molar-refractivity contribution in [2.75, 3.05) is 0 Å². The van der Waals surface area contributed by atoms with Crippen molar-refractivity contribution in [2.45, 2.75) is 18.7 Å². The monoisotopic (exact) mass is 233 g/mol. The normalized spacial score (nSPS) is 26.0. The van der Waals surface area contributed by atoms with Gasteiger partial charge in [-0.3, -0.25) is 4.79 Å². The maximum absolute atomic E-state index is 11.2. The van der Waals surface area contributed by atoms with Gasteiger partial charge in [-0.05, 0) is 5.57 Å². The number of hydrogen-bond donors (Lipinski definition) is 0. The van der Waals surface area contributed by atoms with Crippen molar-refractivity contribution >= 4 is 29.2 Å². The molecule has 76 valence electrons. The zero-order chi connectivity index (χ0) is 10.9. The Hall–Kier alpha value is -0.720. The van der Waals surface area contributed by atoms with Crippen LogP contribution in [0.1, 0.15) is 13.8 Å². The predicted molar refractivity (Wildman–Crippen MR) is 52.6 cm³/mol. The molecular formula is C9H9Cl2NO2. The number of ether oxygens (including phenoxy) is 1. The molecule has 0 aliphatic heterocycles. The quantitative estimate of drug-likeness (QED) is 0.319. The molecule has 5 heteroatoms. The van der Waals surface area contributed by atoms with Crippen LogP contribution in [-0.4, -0.2) is 10.8 Å². The van der Waals surface area contributed by atoms with E-state index in [0.29, 0.717) is 0 Å². The number of nitrogens with zero attached hydrogens (tertiary/aromatic N) is 1. The Labute approximate surface area is 92.2 Å². The van der Waals surface area contributed by atoms with Crippen molar-refractivity contribution in [1.82, 2.24) is 0 Å². The van der Waals surface area contributed by atoms with E-state index in [-0.39, 0.29) is 11.3 Å². The summed E-state index contributed by atoms with van der Waals surface area (Å²) >= 11 is 11.1. The first-order valence-electron chi connectivity index (χ1n) is 4.01. The second-order valence-corrected chi connectivity index (χ2v) is 4.79. The van der Waals surface area contributed by atoms with Crippen LogP contribution in [0.5, 0.6) is 0 Å². The summed E-state index contributed by atoms with van der Waals surface area (Å²) in [6.07, 6.45) is 2.96. The van der Waals surface area contributed by atoms with Crippen LogP contribution in [0.4, 0.5) is 0 Å². The SMILES string of the molecule is CC1(C)C(=CC(Cl)Cl)C1C(=O)OC#N. The molecule has 1 atom stereocenters. The minimum absolute atomic E-state index is 0.296. The number of carbonyl (C=O) groups excluding carboxylic acids is 1. The third-order valence-corrected chi connectivity index (χ3v) is 2.63. The fraction of sp³-hybridized carbons (Fsp3) is 0.556. The number of hydrogen-bond acceptors (Lipinski definition) is 3. The molecule has 0 heterocycles. The zero-order valence-electron chi connectivity index (χ0n) is 7.75. The molecule has 0 N–H and O–H groups in total. The van der Waals surface area contributed by atoms with Gasteiger partial charge in [-0.25, -0.2) is 0 Å². The molecule has 0 bridgehead atoms. The van der Waals surface area contributed by atoms with Gasteiger partial charge in [0, 0.05) is 5.41 Å².